The van der Waals surface area contributed by atoms with Gasteiger partial charge in [-0.1, -0.05) is 61.7 Å². The van der Waals surface area contributed by atoms with Crippen LogP contribution >= 0.6 is 23.2 Å². The first-order valence-electron chi connectivity index (χ1n) is 10.1. The van der Waals surface area contributed by atoms with Crippen molar-refractivity contribution in [1.82, 2.24) is 14.9 Å². The van der Waals surface area contributed by atoms with Gasteiger partial charge in [0.1, 0.15) is 5.82 Å². The van der Waals surface area contributed by atoms with Crippen molar-refractivity contribution in [1.29, 1.82) is 0 Å². The Morgan fingerprint density at radius 2 is 1.86 bits per heavy atom. The average Bonchev–Trinajstić information content (AvgIpc) is 3.04. The van der Waals surface area contributed by atoms with E-state index in [9.17, 15) is 4.79 Å². The van der Waals surface area contributed by atoms with E-state index >= 15 is 0 Å². The molecular formula is C23H27Cl2N3O. The van der Waals surface area contributed by atoms with E-state index in [4.69, 9.17) is 28.2 Å². The molecule has 3 aromatic rings. The van der Waals surface area contributed by atoms with E-state index in [-0.39, 0.29) is 11.8 Å². The molecule has 1 heterocycles. The second kappa shape index (κ2) is 10.1. The number of amides is 1. The second-order valence-electron chi connectivity index (χ2n) is 7.61. The number of aromatic nitrogens is 2. The predicted octanol–water partition coefficient (Wildman–Crippen LogP) is 5.88. The molecular weight excluding hydrogens is 405 g/mol. The molecule has 0 radical (unpaired) electrons. The number of benzene rings is 2. The third-order valence-corrected chi connectivity index (χ3v) is 5.70. The lowest BCUT2D eigenvalue weighted by atomic mass is 10.1. The van der Waals surface area contributed by atoms with Crippen molar-refractivity contribution in [3.8, 4) is 0 Å². The van der Waals surface area contributed by atoms with Crippen molar-refractivity contribution < 1.29 is 4.79 Å². The number of nitrogens with one attached hydrogen (secondary N) is 1. The van der Waals surface area contributed by atoms with Gasteiger partial charge in [-0.2, -0.15) is 0 Å². The van der Waals surface area contributed by atoms with Gasteiger partial charge in [0, 0.05) is 25.4 Å². The third-order valence-electron chi connectivity index (χ3n) is 4.96. The number of halogens is 2. The van der Waals surface area contributed by atoms with Gasteiger partial charge in [-0.05, 0) is 42.7 Å². The van der Waals surface area contributed by atoms with Gasteiger partial charge in [0.05, 0.1) is 21.1 Å². The van der Waals surface area contributed by atoms with Crippen molar-refractivity contribution in [3.63, 3.8) is 0 Å². The molecule has 0 spiro atoms. The van der Waals surface area contributed by atoms with Crippen molar-refractivity contribution in [3.05, 3.63) is 63.9 Å². The highest BCUT2D eigenvalue weighted by molar-refractivity contribution is 6.42. The zero-order valence-electron chi connectivity index (χ0n) is 16.9. The highest BCUT2D eigenvalue weighted by Gasteiger charge is 2.12. The Kier molecular flexibility index (Phi) is 7.57. The quantitative estimate of drug-likeness (QED) is 0.430. The van der Waals surface area contributed by atoms with Crippen LogP contribution in [0.3, 0.4) is 0 Å². The van der Waals surface area contributed by atoms with Crippen molar-refractivity contribution in [2.45, 2.75) is 46.1 Å². The van der Waals surface area contributed by atoms with Crippen LogP contribution in [0.2, 0.25) is 10.0 Å². The van der Waals surface area contributed by atoms with E-state index in [2.05, 4.69) is 16.0 Å². The van der Waals surface area contributed by atoms with Crippen LogP contribution in [0.4, 0.5) is 0 Å². The molecule has 154 valence electrons. The molecule has 1 N–H and O–H groups in total. The maximum absolute atomic E-state index is 11.6. The van der Waals surface area contributed by atoms with Gasteiger partial charge in [0.15, 0.2) is 0 Å². The van der Waals surface area contributed by atoms with Crippen LogP contribution in [0, 0.1) is 5.92 Å². The molecule has 0 aliphatic carbocycles. The molecule has 4 nitrogen and oxygen atoms in total. The standard InChI is InChI=1S/C23H27Cl2N3O/c1-16(2)23(29)26-13-7-3-4-10-22-27-20-8-5-6-9-21(20)28(22)15-17-11-12-18(24)19(25)14-17/h5-6,8-9,11-12,14,16H,3-4,7,10,13,15H2,1-2H3,(H,26,29). The molecule has 1 aromatic heterocycles. The largest absolute Gasteiger partial charge is 0.356 e. The molecule has 0 fully saturated rings. The molecule has 0 atom stereocenters. The molecule has 0 bridgehead atoms. The van der Waals surface area contributed by atoms with Gasteiger partial charge in [-0.3, -0.25) is 4.79 Å². The predicted molar refractivity (Wildman–Crippen MR) is 121 cm³/mol. The smallest absolute Gasteiger partial charge is 0.222 e. The fourth-order valence-corrected chi connectivity index (χ4v) is 3.63. The minimum absolute atomic E-state index is 0.0382. The molecule has 6 heteroatoms. The number of carbonyl (C=O) groups excluding carboxylic acids is 1. The number of hydrogen-bond donors (Lipinski definition) is 1. The average molecular weight is 432 g/mol. The highest BCUT2D eigenvalue weighted by Crippen LogP contribution is 2.25. The van der Waals surface area contributed by atoms with Crippen LogP contribution in [0.5, 0.6) is 0 Å². The Bertz CT molecular complexity index is 981. The van der Waals surface area contributed by atoms with E-state index in [0.29, 0.717) is 16.6 Å². The van der Waals surface area contributed by atoms with Gasteiger partial charge < -0.3 is 9.88 Å². The summed E-state index contributed by atoms with van der Waals surface area (Å²) in [6, 6.07) is 14.0. The van der Waals surface area contributed by atoms with Crippen LogP contribution in [-0.2, 0) is 17.8 Å². The summed E-state index contributed by atoms with van der Waals surface area (Å²) in [6.07, 6.45) is 3.95. The molecule has 3 rings (SSSR count). The summed E-state index contributed by atoms with van der Waals surface area (Å²) in [7, 11) is 0. The molecule has 29 heavy (non-hydrogen) atoms. The summed E-state index contributed by atoms with van der Waals surface area (Å²) in [6.45, 7) is 5.26. The van der Waals surface area contributed by atoms with Gasteiger partial charge in [-0.25, -0.2) is 4.98 Å². The summed E-state index contributed by atoms with van der Waals surface area (Å²) in [5.74, 6) is 1.23. The SMILES string of the molecule is CC(C)C(=O)NCCCCCc1nc2ccccc2n1Cc1ccc(Cl)c(Cl)c1. The normalized spacial score (nSPS) is 11.3. The number of fused-ring (bicyclic) bond motifs is 1. The topological polar surface area (TPSA) is 46.9 Å². The zero-order valence-corrected chi connectivity index (χ0v) is 18.4. The number of imidazole rings is 1. The summed E-state index contributed by atoms with van der Waals surface area (Å²) >= 11 is 12.3. The maximum Gasteiger partial charge on any atom is 0.222 e. The molecule has 0 saturated carbocycles. The van der Waals surface area contributed by atoms with Gasteiger partial charge >= 0.3 is 0 Å². The van der Waals surface area contributed by atoms with Crippen molar-refractivity contribution in [2.24, 2.45) is 5.92 Å². The monoisotopic (exact) mass is 431 g/mol. The van der Waals surface area contributed by atoms with Crippen LogP contribution in [0.25, 0.3) is 11.0 Å². The lowest BCUT2D eigenvalue weighted by Crippen LogP contribution is -2.28. The Morgan fingerprint density at radius 3 is 2.62 bits per heavy atom. The first-order chi connectivity index (χ1) is 14.0. The lowest BCUT2D eigenvalue weighted by molar-refractivity contribution is -0.123. The Labute approximate surface area is 182 Å². The molecule has 0 saturated heterocycles. The molecule has 0 aliphatic rings. The fraction of sp³-hybridized carbons (Fsp3) is 0.391. The number of unbranched alkanes of at least 4 members (excludes halogenated alkanes) is 2. The van der Waals surface area contributed by atoms with E-state index in [1.807, 2.05) is 50.2 Å². The van der Waals surface area contributed by atoms with Crippen LogP contribution in [-0.4, -0.2) is 22.0 Å². The van der Waals surface area contributed by atoms with E-state index in [1.165, 1.54) is 0 Å². The van der Waals surface area contributed by atoms with Gasteiger partial charge in [0.2, 0.25) is 5.91 Å². The number of nitrogens with zero attached hydrogens (tertiary/aromatic N) is 2. The third kappa shape index (κ3) is 5.74. The lowest BCUT2D eigenvalue weighted by Gasteiger charge is -2.11. The number of carbonyl (C=O) groups is 1. The number of hydrogen-bond acceptors (Lipinski definition) is 2. The minimum atomic E-state index is 0.0382. The van der Waals surface area contributed by atoms with Crippen molar-refractivity contribution >= 4 is 40.1 Å². The number of para-hydroxylation sites is 2. The summed E-state index contributed by atoms with van der Waals surface area (Å²) in [5.41, 5.74) is 3.23. The maximum atomic E-state index is 11.6. The molecule has 1 amide bonds. The highest BCUT2D eigenvalue weighted by atomic mass is 35.5. The first-order valence-corrected chi connectivity index (χ1v) is 10.9. The van der Waals surface area contributed by atoms with E-state index < -0.39 is 0 Å². The molecule has 0 aliphatic heterocycles. The van der Waals surface area contributed by atoms with Crippen LogP contribution in [0.1, 0.15) is 44.5 Å². The molecule has 0 unspecified atom stereocenters. The Hall–Kier alpha value is -2.04. The van der Waals surface area contributed by atoms with Crippen LogP contribution in [0.15, 0.2) is 42.5 Å². The van der Waals surface area contributed by atoms with Gasteiger partial charge in [0.25, 0.3) is 0 Å². The number of aryl methyl sites for hydroxylation is 1. The van der Waals surface area contributed by atoms with Gasteiger partial charge in [-0.15, -0.1) is 0 Å². The minimum Gasteiger partial charge on any atom is -0.356 e. The van der Waals surface area contributed by atoms with E-state index in [1.54, 1.807) is 0 Å². The van der Waals surface area contributed by atoms with Crippen LogP contribution < -0.4 is 5.32 Å². The van der Waals surface area contributed by atoms with E-state index in [0.717, 1.165) is 54.6 Å². The summed E-state index contributed by atoms with van der Waals surface area (Å²) < 4.78 is 2.26. The summed E-state index contributed by atoms with van der Waals surface area (Å²) in [4.78, 5) is 16.5. The molecule has 2 aromatic carbocycles. The zero-order chi connectivity index (χ0) is 20.8. The summed E-state index contributed by atoms with van der Waals surface area (Å²) in [5, 5.41) is 4.11. The first kappa shape index (κ1) is 21.7. The fourth-order valence-electron chi connectivity index (χ4n) is 3.31. The Balaban J connectivity index is 1.65. The van der Waals surface area contributed by atoms with Crippen molar-refractivity contribution in [2.75, 3.05) is 6.54 Å². The second-order valence-corrected chi connectivity index (χ2v) is 8.42. The Morgan fingerprint density at radius 1 is 1.07 bits per heavy atom. The number of rotatable bonds is 9.